The molecular weight excluding hydrogens is 236 g/mol. The smallest absolute Gasteiger partial charge is 0.333 e. The number of carbonyl (C=O) groups is 1. The number of hydrogen-bond donors (Lipinski definition) is 0. The van der Waals surface area contributed by atoms with Gasteiger partial charge in [0.1, 0.15) is 0 Å². The lowest BCUT2D eigenvalue weighted by Gasteiger charge is -2.33. The van der Waals surface area contributed by atoms with Crippen LogP contribution in [0, 0.1) is 5.41 Å². The van der Waals surface area contributed by atoms with Gasteiger partial charge in [0, 0.05) is 5.57 Å². The van der Waals surface area contributed by atoms with Gasteiger partial charge >= 0.3 is 5.97 Å². The fourth-order valence-corrected chi connectivity index (χ4v) is 2.66. The molecule has 0 radical (unpaired) electrons. The lowest BCUT2D eigenvalue weighted by Crippen LogP contribution is -2.19. The summed E-state index contributed by atoms with van der Waals surface area (Å²) >= 11 is 0. The van der Waals surface area contributed by atoms with Crippen LogP contribution in [0.15, 0.2) is 34.4 Å². The molecule has 0 spiro atoms. The number of carbonyl (C=O) groups excluding carboxylic acids is 1. The lowest BCUT2D eigenvalue weighted by molar-refractivity contribution is -0.136. The molecule has 0 heterocycles. The fraction of sp³-hybridized carbons (Fsp3) is 0.588. The van der Waals surface area contributed by atoms with Crippen LogP contribution in [0.3, 0.4) is 0 Å². The average Bonchev–Trinajstić information content (AvgIpc) is 2.35. The SMILES string of the molecule is COC(=O)C(C)=C(C)C=CC1=C(C)CCCC1(C)C. The zero-order valence-corrected chi connectivity index (χ0v) is 13.1. The highest BCUT2D eigenvalue weighted by Crippen LogP contribution is 2.40. The van der Waals surface area contributed by atoms with Crippen LogP contribution in [-0.2, 0) is 9.53 Å². The van der Waals surface area contributed by atoms with E-state index in [0.717, 1.165) is 5.57 Å². The van der Waals surface area contributed by atoms with Crippen LogP contribution in [-0.4, -0.2) is 13.1 Å². The van der Waals surface area contributed by atoms with Gasteiger partial charge in [-0.2, -0.15) is 0 Å². The molecule has 1 aliphatic carbocycles. The molecule has 0 fully saturated rings. The maximum atomic E-state index is 11.5. The van der Waals surface area contributed by atoms with Crippen LogP contribution in [0.2, 0.25) is 0 Å². The Hall–Kier alpha value is -1.31. The molecule has 0 aromatic heterocycles. The van der Waals surface area contributed by atoms with Crippen molar-refractivity contribution in [3.05, 3.63) is 34.4 Å². The summed E-state index contributed by atoms with van der Waals surface area (Å²) in [6.07, 6.45) is 7.89. The zero-order valence-electron chi connectivity index (χ0n) is 13.1. The summed E-state index contributed by atoms with van der Waals surface area (Å²) in [5.41, 5.74) is 4.75. The average molecular weight is 262 g/mol. The van der Waals surface area contributed by atoms with Crippen molar-refractivity contribution in [1.29, 1.82) is 0 Å². The molecule has 0 bridgehead atoms. The Balaban J connectivity index is 3.01. The summed E-state index contributed by atoms with van der Waals surface area (Å²) in [6.45, 7) is 10.6. The minimum absolute atomic E-state index is 0.234. The highest BCUT2D eigenvalue weighted by atomic mass is 16.5. The largest absolute Gasteiger partial charge is 0.466 e. The molecule has 0 unspecified atom stereocenters. The normalized spacial score (nSPS) is 20.5. The fourth-order valence-electron chi connectivity index (χ4n) is 2.66. The topological polar surface area (TPSA) is 26.3 Å². The first kappa shape index (κ1) is 15.7. The van der Waals surface area contributed by atoms with E-state index in [1.165, 1.54) is 37.5 Å². The van der Waals surface area contributed by atoms with Gasteiger partial charge in [-0.3, -0.25) is 0 Å². The summed E-state index contributed by atoms with van der Waals surface area (Å²) in [4.78, 5) is 11.5. The van der Waals surface area contributed by atoms with E-state index in [4.69, 9.17) is 4.74 Å². The van der Waals surface area contributed by atoms with Gasteiger partial charge in [0.2, 0.25) is 0 Å². The Kier molecular flexibility index (Phi) is 5.16. The van der Waals surface area contributed by atoms with Crippen molar-refractivity contribution in [2.75, 3.05) is 7.11 Å². The molecule has 106 valence electrons. The van der Waals surface area contributed by atoms with Gasteiger partial charge in [-0.05, 0) is 56.6 Å². The third-order valence-corrected chi connectivity index (χ3v) is 4.13. The van der Waals surface area contributed by atoms with Crippen molar-refractivity contribution in [3.63, 3.8) is 0 Å². The molecule has 0 amide bonds. The first-order chi connectivity index (χ1) is 8.79. The molecule has 0 aromatic rings. The van der Waals surface area contributed by atoms with Crippen LogP contribution in [0.4, 0.5) is 0 Å². The molecule has 2 nitrogen and oxygen atoms in total. The summed E-state index contributed by atoms with van der Waals surface area (Å²) in [5.74, 6) is -0.254. The predicted octanol–water partition coefficient (Wildman–Crippen LogP) is 4.58. The van der Waals surface area contributed by atoms with E-state index < -0.39 is 0 Å². The van der Waals surface area contributed by atoms with Crippen molar-refractivity contribution < 1.29 is 9.53 Å². The third-order valence-electron chi connectivity index (χ3n) is 4.13. The Labute approximate surface area is 117 Å². The van der Waals surface area contributed by atoms with Crippen molar-refractivity contribution in [2.24, 2.45) is 5.41 Å². The maximum Gasteiger partial charge on any atom is 0.333 e. The van der Waals surface area contributed by atoms with Crippen molar-refractivity contribution in [3.8, 4) is 0 Å². The van der Waals surface area contributed by atoms with Gasteiger partial charge in [0.05, 0.1) is 7.11 Å². The number of hydrogen-bond acceptors (Lipinski definition) is 2. The molecule has 0 saturated carbocycles. The Bertz CT molecular complexity index is 448. The maximum absolute atomic E-state index is 11.5. The second-order valence-electron chi connectivity index (χ2n) is 6.06. The molecule has 1 aliphatic rings. The van der Waals surface area contributed by atoms with E-state index in [-0.39, 0.29) is 11.4 Å². The van der Waals surface area contributed by atoms with Gasteiger partial charge in [-0.15, -0.1) is 0 Å². The van der Waals surface area contributed by atoms with E-state index in [9.17, 15) is 4.79 Å². The monoisotopic (exact) mass is 262 g/mol. The number of esters is 1. The van der Waals surface area contributed by atoms with Crippen molar-refractivity contribution in [1.82, 2.24) is 0 Å². The van der Waals surface area contributed by atoms with Crippen LogP contribution in [0.25, 0.3) is 0 Å². The third kappa shape index (κ3) is 3.82. The number of allylic oxidation sites excluding steroid dienone is 5. The standard InChI is InChI=1S/C17H26O2/c1-12(14(3)16(18)19-6)9-10-15-13(2)8-7-11-17(15,4)5/h9-10H,7-8,11H2,1-6H3. The van der Waals surface area contributed by atoms with Gasteiger partial charge in [-0.25, -0.2) is 4.79 Å². The molecule has 1 rings (SSSR count). The van der Waals surface area contributed by atoms with E-state index in [1.807, 2.05) is 13.0 Å². The summed E-state index contributed by atoms with van der Waals surface area (Å²) in [7, 11) is 1.42. The van der Waals surface area contributed by atoms with Gasteiger partial charge in [-0.1, -0.05) is 31.6 Å². The second kappa shape index (κ2) is 6.23. The van der Waals surface area contributed by atoms with Crippen molar-refractivity contribution in [2.45, 2.75) is 53.9 Å². The summed E-state index contributed by atoms with van der Waals surface area (Å²) in [6, 6.07) is 0. The van der Waals surface area contributed by atoms with Gasteiger partial charge < -0.3 is 4.74 Å². The van der Waals surface area contributed by atoms with Crippen LogP contribution in [0.5, 0.6) is 0 Å². The van der Waals surface area contributed by atoms with E-state index in [1.54, 1.807) is 6.92 Å². The Morgan fingerprint density at radius 1 is 1.32 bits per heavy atom. The Morgan fingerprint density at radius 2 is 1.95 bits per heavy atom. The molecule has 0 saturated heterocycles. The highest BCUT2D eigenvalue weighted by Gasteiger charge is 2.26. The first-order valence-corrected chi connectivity index (χ1v) is 6.93. The number of ether oxygens (including phenoxy) is 1. The quantitative estimate of drug-likeness (QED) is 0.423. The number of methoxy groups -OCH3 is 1. The van der Waals surface area contributed by atoms with Crippen molar-refractivity contribution >= 4 is 5.97 Å². The molecule has 2 heteroatoms. The minimum Gasteiger partial charge on any atom is -0.466 e. The van der Waals surface area contributed by atoms with Gasteiger partial charge in [0.15, 0.2) is 0 Å². The Morgan fingerprint density at radius 3 is 2.47 bits per heavy atom. The minimum atomic E-state index is -0.254. The molecule has 0 atom stereocenters. The highest BCUT2D eigenvalue weighted by molar-refractivity contribution is 5.89. The molecule has 19 heavy (non-hydrogen) atoms. The predicted molar refractivity (Wildman–Crippen MR) is 79.9 cm³/mol. The zero-order chi connectivity index (χ0) is 14.6. The van der Waals surface area contributed by atoms with Crippen LogP contribution >= 0.6 is 0 Å². The van der Waals surface area contributed by atoms with E-state index in [2.05, 4.69) is 26.8 Å². The first-order valence-electron chi connectivity index (χ1n) is 6.93. The second-order valence-corrected chi connectivity index (χ2v) is 6.06. The van der Waals surface area contributed by atoms with Crippen LogP contribution < -0.4 is 0 Å². The van der Waals surface area contributed by atoms with Gasteiger partial charge in [0.25, 0.3) is 0 Å². The number of rotatable bonds is 3. The van der Waals surface area contributed by atoms with E-state index in [0.29, 0.717) is 5.57 Å². The van der Waals surface area contributed by atoms with E-state index >= 15 is 0 Å². The summed E-state index contributed by atoms with van der Waals surface area (Å²) < 4.78 is 4.74. The summed E-state index contributed by atoms with van der Waals surface area (Å²) in [5, 5.41) is 0. The molecule has 0 N–H and O–H groups in total. The lowest BCUT2D eigenvalue weighted by atomic mass is 9.72. The van der Waals surface area contributed by atoms with Crippen LogP contribution in [0.1, 0.15) is 53.9 Å². The molecular formula is C17H26O2. The molecule has 0 aromatic carbocycles. The molecule has 0 aliphatic heterocycles.